The van der Waals surface area contributed by atoms with Gasteiger partial charge in [-0.2, -0.15) is 9.97 Å². The van der Waals surface area contributed by atoms with Gasteiger partial charge in [0.1, 0.15) is 6.35 Å². The first-order valence-electron chi connectivity index (χ1n) is 12.0. The minimum atomic E-state index is -3.46. The predicted molar refractivity (Wildman–Crippen MR) is 137 cm³/mol. The molecule has 0 saturated heterocycles. The molecule has 13 heteroatoms. The summed E-state index contributed by atoms with van der Waals surface area (Å²) in [5.74, 6) is 0.942. The maximum atomic E-state index is 13.5. The van der Waals surface area contributed by atoms with Crippen molar-refractivity contribution >= 4 is 36.5 Å². The van der Waals surface area contributed by atoms with E-state index in [1.165, 1.54) is 0 Å². The molecule has 2 aromatic heterocycles. The molecule has 1 aliphatic rings. The van der Waals surface area contributed by atoms with E-state index in [2.05, 4.69) is 30.4 Å². The lowest BCUT2D eigenvalue weighted by Crippen LogP contribution is -2.31. The number of imidazole rings is 1. The Bertz CT molecular complexity index is 1220. The maximum Gasteiger partial charge on any atom is 0.413 e. The van der Waals surface area contributed by atoms with Crippen LogP contribution in [0.4, 0.5) is 16.6 Å². The third-order valence-electron chi connectivity index (χ3n) is 5.35. The Labute approximate surface area is 209 Å². The van der Waals surface area contributed by atoms with E-state index < -0.39 is 13.5 Å². The van der Waals surface area contributed by atoms with Gasteiger partial charge < -0.3 is 25.1 Å². The molecule has 5 N–H and O–H groups in total. The Kier molecular flexibility index (Phi) is 8.40. The Morgan fingerprint density at radius 2 is 2.03 bits per heavy atom. The van der Waals surface area contributed by atoms with E-state index in [0.29, 0.717) is 36.1 Å². The van der Waals surface area contributed by atoms with Crippen molar-refractivity contribution in [1.82, 2.24) is 29.7 Å². The second-order valence-corrected chi connectivity index (χ2v) is 11.4. The highest BCUT2D eigenvalue weighted by atomic mass is 31.2. The van der Waals surface area contributed by atoms with Crippen LogP contribution in [0.3, 0.4) is 0 Å². The van der Waals surface area contributed by atoms with Gasteiger partial charge in [0.15, 0.2) is 17.0 Å². The first-order valence-corrected chi connectivity index (χ1v) is 13.9. The molecule has 0 spiro atoms. The number of hydrogen-bond acceptors (Lipinski definition) is 9. The van der Waals surface area contributed by atoms with Gasteiger partial charge in [0.2, 0.25) is 5.95 Å². The molecule has 0 aliphatic heterocycles. The third kappa shape index (κ3) is 7.39. The summed E-state index contributed by atoms with van der Waals surface area (Å²) < 4.78 is 26.2. The second kappa shape index (κ2) is 11.7. The second-order valence-electron chi connectivity index (χ2n) is 9.16. The number of ether oxygens (including phenoxy) is 2. The smallest absolute Gasteiger partial charge is 0.413 e. The van der Waals surface area contributed by atoms with E-state index >= 15 is 0 Å². The molecule has 0 radical (unpaired) electrons. The molecule has 36 heavy (non-hydrogen) atoms. The lowest BCUT2D eigenvalue weighted by atomic mass is 10.2. The Hall–Kier alpha value is -3.21. The Morgan fingerprint density at radius 3 is 2.75 bits per heavy atom. The lowest BCUT2D eigenvalue weighted by molar-refractivity contribution is 0.136. The third-order valence-corrected chi connectivity index (χ3v) is 7.11. The average molecular weight is 517 g/mol. The number of nitrogens with one attached hydrogen (secondary N) is 3. The number of nitrogens with zero attached hydrogens (tertiary/aromatic N) is 4. The van der Waals surface area contributed by atoms with Crippen molar-refractivity contribution < 1.29 is 18.8 Å². The highest BCUT2D eigenvalue weighted by Crippen LogP contribution is 2.36. The number of rotatable bonds is 13. The molecule has 1 amide bonds. The van der Waals surface area contributed by atoms with Crippen molar-refractivity contribution in [1.29, 1.82) is 0 Å². The molecule has 1 aliphatic carbocycles. The largest absolute Gasteiger partial charge is 0.449 e. The number of benzene rings is 1. The summed E-state index contributed by atoms with van der Waals surface area (Å²) in [5, 5.41) is 8.75. The van der Waals surface area contributed by atoms with Crippen LogP contribution >= 0.6 is 7.44 Å². The zero-order chi connectivity index (χ0) is 25.5. The monoisotopic (exact) mass is 516 g/mol. The fraction of sp³-hybridized carbons (Fsp3) is 0.478. The molecule has 12 nitrogen and oxygen atoms in total. The SMILES string of the molecule is CC(C)COC(=O)NP(=O)(COCCn1cnc2c(NC3CC3)nc(N)nc21)NCc1ccccc1. The van der Waals surface area contributed by atoms with Crippen molar-refractivity contribution in [2.45, 2.75) is 45.8 Å². The van der Waals surface area contributed by atoms with E-state index in [0.717, 1.165) is 18.4 Å². The fourth-order valence-electron chi connectivity index (χ4n) is 3.36. The van der Waals surface area contributed by atoms with Crippen LogP contribution in [0.2, 0.25) is 0 Å². The minimum Gasteiger partial charge on any atom is -0.449 e. The van der Waals surface area contributed by atoms with Crippen LogP contribution in [0.5, 0.6) is 0 Å². The molecule has 1 unspecified atom stereocenters. The molecule has 194 valence electrons. The molecule has 1 atom stereocenters. The zero-order valence-corrected chi connectivity index (χ0v) is 21.4. The summed E-state index contributed by atoms with van der Waals surface area (Å²) in [6.07, 6.45) is 2.87. The summed E-state index contributed by atoms with van der Waals surface area (Å²) in [5.41, 5.74) is 8.06. The number of fused-ring (bicyclic) bond motifs is 1. The molecular formula is C23H33N8O4P. The number of anilines is 2. The van der Waals surface area contributed by atoms with Crippen LogP contribution in [-0.4, -0.2) is 51.2 Å². The quantitative estimate of drug-likeness (QED) is 0.196. The van der Waals surface area contributed by atoms with Crippen molar-refractivity contribution in [3.05, 3.63) is 42.2 Å². The van der Waals surface area contributed by atoms with Gasteiger partial charge in [-0.25, -0.2) is 14.9 Å². The fourth-order valence-corrected chi connectivity index (χ4v) is 4.78. The van der Waals surface area contributed by atoms with Gasteiger partial charge in [0, 0.05) is 19.1 Å². The van der Waals surface area contributed by atoms with Gasteiger partial charge in [-0.1, -0.05) is 44.2 Å². The molecular weight excluding hydrogens is 483 g/mol. The van der Waals surface area contributed by atoms with Gasteiger partial charge in [0.05, 0.1) is 19.5 Å². The summed E-state index contributed by atoms with van der Waals surface area (Å²) in [7, 11) is -3.46. The number of hydrogen-bond donors (Lipinski definition) is 4. The molecule has 3 aromatic rings. The van der Waals surface area contributed by atoms with Crippen molar-refractivity contribution in [3.63, 3.8) is 0 Å². The normalized spacial score (nSPS) is 15.1. The number of nitrogens with two attached hydrogens (primary N) is 1. The van der Waals surface area contributed by atoms with Gasteiger partial charge in [-0.15, -0.1) is 0 Å². The number of amides is 1. The van der Waals surface area contributed by atoms with E-state index in [1.54, 1.807) is 10.9 Å². The molecule has 1 saturated carbocycles. The number of aromatic nitrogens is 4. The van der Waals surface area contributed by atoms with Gasteiger partial charge in [-0.3, -0.25) is 9.65 Å². The first kappa shape index (κ1) is 25.9. The first-order chi connectivity index (χ1) is 17.3. The van der Waals surface area contributed by atoms with Gasteiger partial charge >= 0.3 is 6.09 Å². The van der Waals surface area contributed by atoms with Crippen molar-refractivity contribution in [2.24, 2.45) is 5.92 Å². The number of carbonyl (C=O) groups is 1. The number of nitrogen functional groups attached to an aromatic ring is 1. The van der Waals surface area contributed by atoms with Gasteiger partial charge in [0.25, 0.3) is 7.44 Å². The van der Waals surface area contributed by atoms with E-state index in [-0.39, 0.29) is 31.4 Å². The van der Waals surface area contributed by atoms with Gasteiger partial charge in [-0.05, 0) is 24.3 Å². The Balaban J connectivity index is 1.36. The minimum absolute atomic E-state index is 0.159. The highest BCUT2D eigenvalue weighted by Gasteiger charge is 2.26. The molecule has 1 fully saturated rings. The molecule has 4 rings (SSSR count). The van der Waals surface area contributed by atoms with Crippen molar-refractivity contribution in [2.75, 3.05) is 30.6 Å². The van der Waals surface area contributed by atoms with Crippen LogP contribution in [0.25, 0.3) is 11.2 Å². The van der Waals surface area contributed by atoms with E-state index in [1.807, 2.05) is 44.2 Å². The highest BCUT2D eigenvalue weighted by molar-refractivity contribution is 7.60. The molecule has 1 aromatic carbocycles. The topological polar surface area (TPSA) is 158 Å². The summed E-state index contributed by atoms with van der Waals surface area (Å²) in [6.45, 7) is 4.97. The lowest BCUT2D eigenvalue weighted by Gasteiger charge is -2.21. The molecule has 0 bridgehead atoms. The van der Waals surface area contributed by atoms with E-state index in [9.17, 15) is 9.36 Å². The van der Waals surface area contributed by atoms with Crippen LogP contribution in [0, 0.1) is 5.92 Å². The van der Waals surface area contributed by atoms with Crippen molar-refractivity contribution in [3.8, 4) is 0 Å². The Morgan fingerprint density at radius 1 is 1.25 bits per heavy atom. The van der Waals surface area contributed by atoms with Crippen LogP contribution < -0.4 is 21.2 Å². The maximum absolute atomic E-state index is 13.5. The van der Waals surface area contributed by atoms with E-state index in [4.69, 9.17) is 15.2 Å². The summed E-state index contributed by atoms with van der Waals surface area (Å²) in [4.78, 5) is 25.3. The molecule has 2 heterocycles. The van der Waals surface area contributed by atoms with Crippen LogP contribution in [-0.2, 0) is 27.1 Å². The standard InChI is InChI=1S/C23H33N8O4P/c1-16(2)13-35-23(32)30-36(33,26-12-17-6-4-3-5-7-17)15-34-11-10-31-14-25-19-20(27-18-8-9-18)28-22(24)29-21(19)31/h3-7,14,16,18H,8-13,15H2,1-2H3,(H3,24,27,28,29)(H2,26,30,32,33). The summed E-state index contributed by atoms with van der Waals surface area (Å²) in [6, 6.07) is 9.88. The summed E-state index contributed by atoms with van der Waals surface area (Å²) >= 11 is 0. The average Bonchev–Trinajstić information content (AvgIpc) is 3.57. The number of carbonyl (C=O) groups excluding carboxylic acids is 1. The van der Waals surface area contributed by atoms with Crippen LogP contribution in [0.15, 0.2) is 36.7 Å². The zero-order valence-electron chi connectivity index (χ0n) is 20.5. The predicted octanol–water partition coefficient (Wildman–Crippen LogP) is 3.32. The van der Waals surface area contributed by atoms with Crippen LogP contribution in [0.1, 0.15) is 32.3 Å².